The fraction of sp³-hybridized carbons (Fsp3) is 0.900. The van der Waals surface area contributed by atoms with Crippen molar-refractivity contribution in [1.29, 1.82) is 0 Å². The number of alkyl halides is 2. The van der Waals surface area contributed by atoms with Crippen LogP contribution >= 0.6 is 0 Å². The summed E-state index contributed by atoms with van der Waals surface area (Å²) >= 11 is 0. The van der Waals surface area contributed by atoms with Gasteiger partial charge in [-0.2, -0.15) is 0 Å². The second kappa shape index (κ2) is 5.94. The van der Waals surface area contributed by atoms with Crippen LogP contribution in [0, 0.1) is 0 Å². The maximum Gasteiger partial charge on any atom is 0.249 e. The second-order valence-electron chi connectivity index (χ2n) is 3.44. The SMILES string of the molecule is CCC(=O)NC(CC)CC(F)(F)CC.[HH].[HH]. The lowest BCUT2D eigenvalue weighted by molar-refractivity contribution is -0.122. The molecule has 0 aromatic carbocycles. The normalized spacial score (nSPS) is 13.8. The standard InChI is InChI=1S/C10H19F2NO.2H2/c1-4-8(13-9(14)5-2)7-10(11,12)6-3;;/h8H,4-7H2,1-3H3,(H,13,14);2*1H. The summed E-state index contributed by atoms with van der Waals surface area (Å²) in [6.45, 7) is 4.96. The van der Waals surface area contributed by atoms with Gasteiger partial charge in [0.1, 0.15) is 0 Å². The van der Waals surface area contributed by atoms with Gasteiger partial charge >= 0.3 is 0 Å². The molecule has 0 heterocycles. The Morgan fingerprint density at radius 3 is 2.36 bits per heavy atom. The Labute approximate surface area is 87.0 Å². The first-order valence-corrected chi connectivity index (χ1v) is 5.12. The van der Waals surface area contributed by atoms with Crippen molar-refractivity contribution in [2.45, 2.75) is 58.4 Å². The zero-order chi connectivity index (χ0) is 11.2. The first kappa shape index (κ1) is 13.3. The number of carbonyl (C=O) groups is 1. The highest BCUT2D eigenvalue weighted by atomic mass is 19.3. The first-order valence-electron chi connectivity index (χ1n) is 5.12. The van der Waals surface area contributed by atoms with Crippen LogP contribution in [0.5, 0.6) is 0 Å². The lowest BCUT2D eigenvalue weighted by Gasteiger charge is -2.22. The van der Waals surface area contributed by atoms with E-state index in [-0.39, 0.29) is 21.6 Å². The van der Waals surface area contributed by atoms with Crippen LogP contribution in [0.3, 0.4) is 0 Å². The highest BCUT2D eigenvalue weighted by Crippen LogP contribution is 2.24. The topological polar surface area (TPSA) is 29.1 Å². The summed E-state index contributed by atoms with van der Waals surface area (Å²) in [7, 11) is 0. The van der Waals surface area contributed by atoms with Crippen molar-refractivity contribution in [3.63, 3.8) is 0 Å². The summed E-state index contributed by atoms with van der Waals surface area (Å²) in [5.41, 5.74) is 0. The van der Waals surface area contributed by atoms with E-state index in [1.165, 1.54) is 6.92 Å². The van der Waals surface area contributed by atoms with Gasteiger partial charge in [0.25, 0.3) is 0 Å². The largest absolute Gasteiger partial charge is 0.353 e. The number of carbonyl (C=O) groups excluding carboxylic acids is 1. The zero-order valence-electron chi connectivity index (χ0n) is 9.07. The Kier molecular flexibility index (Phi) is 5.65. The molecule has 14 heavy (non-hydrogen) atoms. The van der Waals surface area contributed by atoms with Gasteiger partial charge in [0.05, 0.1) is 0 Å². The summed E-state index contributed by atoms with van der Waals surface area (Å²) in [6.07, 6.45) is 0.451. The van der Waals surface area contributed by atoms with Crippen molar-refractivity contribution in [1.82, 2.24) is 5.32 Å². The molecule has 1 N–H and O–H groups in total. The van der Waals surface area contributed by atoms with Crippen LogP contribution in [0.1, 0.15) is 49.3 Å². The molecule has 0 spiro atoms. The maximum atomic E-state index is 13.0. The van der Waals surface area contributed by atoms with Gasteiger partial charge in [0.2, 0.25) is 11.8 Å². The van der Waals surface area contributed by atoms with Gasteiger partial charge in [-0.15, -0.1) is 0 Å². The van der Waals surface area contributed by atoms with E-state index < -0.39 is 12.0 Å². The van der Waals surface area contributed by atoms with Crippen LogP contribution in [0.25, 0.3) is 0 Å². The molecule has 0 aliphatic rings. The van der Waals surface area contributed by atoms with E-state index >= 15 is 0 Å². The molecule has 0 aromatic rings. The molecule has 0 aromatic heterocycles. The van der Waals surface area contributed by atoms with Crippen LogP contribution in [0.4, 0.5) is 8.78 Å². The van der Waals surface area contributed by atoms with Gasteiger partial charge in [0, 0.05) is 28.2 Å². The minimum Gasteiger partial charge on any atom is -0.353 e. The fourth-order valence-corrected chi connectivity index (χ4v) is 1.13. The van der Waals surface area contributed by atoms with E-state index in [0.717, 1.165) is 0 Å². The lowest BCUT2D eigenvalue weighted by atomic mass is 10.0. The number of nitrogens with one attached hydrogen (secondary N) is 1. The lowest BCUT2D eigenvalue weighted by Crippen LogP contribution is -2.38. The number of halogens is 2. The molecule has 1 unspecified atom stereocenters. The van der Waals surface area contributed by atoms with Crippen molar-refractivity contribution >= 4 is 5.91 Å². The second-order valence-corrected chi connectivity index (χ2v) is 3.44. The molecule has 1 amide bonds. The van der Waals surface area contributed by atoms with Gasteiger partial charge < -0.3 is 5.32 Å². The molecule has 0 aliphatic carbocycles. The van der Waals surface area contributed by atoms with Crippen LogP contribution in [0.15, 0.2) is 0 Å². The van der Waals surface area contributed by atoms with Gasteiger partial charge in [-0.1, -0.05) is 20.8 Å². The molecule has 0 saturated heterocycles. The van der Waals surface area contributed by atoms with Crippen LogP contribution in [0.2, 0.25) is 0 Å². The summed E-state index contributed by atoms with van der Waals surface area (Å²) < 4.78 is 26.0. The number of rotatable bonds is 6. The monoisotopic (exact) mass is 211 g/mol. The molecule has 0 rings (SSSR count). The van der Waals surface area contributed by atoms with Gasteiger partial charge in [0.15, 0.2) is 0 Å². The average molecular weight is 211 g/mol. The molecule has 2 nitrogen and oxygen atoms in total. The van der Waals surface area contributed by atoms with Crippen LogP contribution in [-0.4, -0.2) is 17.9 Å². The van der Waals surface area contributed by atoms with E-state index in [4.69, 9.17) is 0 Å². The molecule has 1 atom stereocenters. The van der Waals surface area contributed by atoms with Crippen molar-refractivity contribution in [3.05, 3.63) is 0 Å². The quantitative estimate of drug-likeness (QED) is 0.718. The minimum atomic E-state index is -2.66. The Bertz CT molecular complexity index is 192. The minimum absolute atomic E-state index is 0. The van der Waals surface area contributed by atoms with Crippen molar-refractivity contribution in [2.24, 2.45) is 0 Å². The van der Waals surface area contributed by atoms with Crippen LogP contribution in [-0.2, 0) is 4.79 Å². The Balaban J connectivity index is -0.000000845. The fourth-order valence-electron chi connectivity index (χ4n) is 1.13. The molecule has 0 aliphatic heterocycles. The van der Waals surface area contributed by atoms with E-state index in [1.807, 2.05) is 0 Å². The third-order valence-electron chi connectivity index (χ3n) is 2.24. The molecule has 0 fully saturated rings. The summed E-state index contributed by atoms with van der Waals surface area (Å²) in [6, 6.07) is -0.405. The average Bonchev–Trinajstić information content (AvgIpc) is 2.16. The molecule has 0 saturated carbocycles. The van der Waals surface area contributed by atoms with E-state index in [9.17, 15) is 13.6 Å². The van der Waals surface area contributed by atoms with E-state index in [0.29, 0.717) is 12.8 Å². The van der Waals surface area contributed by atoms with Crippen molar-refractivity contribution < 1.29 is 16.4 Å². The number of amides is 1. The molecule has 4 heteroatoms. The van der Waals surface area contributed by atoms with E-state index in [1.54, 1.807) is 13.8 Å². The molecule has 0 bridgehead atoms. The molecular weight excluding hydrogens is 188 g/mol. The Morgan fingerprint density at radius 2 is 2.00 bits per heavy atom. The predicted molar refractivity (Wildman–Crippen MR) is 56.6 cm³/mol. The summed E-state index contributed by atoms with van der Waals surface area (Å²) in [5.74, 6) is -2.83. The molecule has 0 radical (unpaired) electrons. The van der Waals surface area contributed by atoms with Crippen LogP contribution < -0.4 is 5.32 Å². The Hall–Kier alpha value is -0.670. The smallest absolute Gasteiger partial charge is 0.249 e. The third kappa shape index (κ3) is 5.14. The Morgan fingerprint density at radius 1 is 1.43 bits per heavy atom. The number of hydrogen-bond donors (Lipinski definition) is 1. The van der Waals surface area contributed by atoms with E-state index in [2.05, 4.69) is 5.32 Å². The maximum absolute atomic E-state index is 13.0. The van der Waals surface area contributed by atoms with Gasteiger partial charge in [-0.25, -0.2) is 8.78 Å². The van der Waals surface area contributed by atoms with Gasteiger partial charge in [-0.05, 0) is 6.42 Å². The third-order valence-corrected chi connectivity index (χ3v) is 2.24. The molecule has 88 valence electrons. The first-order chi connectivity index (χ1) is 6.45. The zero-order valence-corrected chi connectivity index (χ0v) is 9.07. The number of hydrogen-bond acceptors (Lipinski definition) is 1. The van der Waals surface area contributed by atoms with Gasteiger partial charge in [-0.3, -0.25) is 4.79 Å². The summed E-state index contributed by atoms with van der Waals surface area (Å²) in [5, 5.41) is 2.59. The molecular formula is C10H23F2NO. The summed E-state index contributed by atoms with van der Waals surface area (Å²) in [4.78, 5) is 11.0. The highest BCUT2D eigenvalue weighted by Gasteiger charge is 2.30. The predicted octanol–water partition coefficient (Wildman–Crippen LogP) is 3.22. The van der Waals surface area contributed by atoms with Crippen molar-refractivity contribution in [3.8, 4) is 0 Å². The highest BCUT2D eigenvalue weighted by molar-refractivity contribution is 5.75. The van der Waals surface area contributed by atoms with Crippen molar-refractivity contribution in [2.75, 3.05) is 0 Å².